The van der Waals surface area contributed by atoms with Gasteiger partial charge < -0.3 is 10.1 Å². The molecule has 3 atom stereocenters. The van der Waals surface area contributed by atoms with E-state index in [0.717, 1.165) is 12.5 Å². The topological polar surface area (TPSA) is 21.3 Å². The van der Waals surface area contributed by atoms with Gasteiger partial charge in [-0.1, -0.05) is 43.7 Å². The van der Waals surface area contributed by atoms with Gasteiger partial charge in [-0.15, -0.1) is 0 Å². The fourth-order valence-corrected chi connectivity index (χ4v) is 2.49. The second-order valence-electron chi connectivity index (χ2n) is 4.98. The van der Waals surface area contributed by atoms with E-state index in [1.807, 2.05) is 0 Å². The van der Waals surface area contributed by atoms with E-state index in [9.17, 15) is 0 Å². The zero-order valence-electron chi connectivity index (χ0n) is 10.9. The molecule has 17 heavy (non-hydrogen) atoms. The van der Waals surface area contributed by atoms with Gasteiger partial charge >= 0.3 is 0 Å². The van der Waals surface area contributed by atoms with Gasteiger partial charge in [-0.2, -0.15) is 0 Å². The molecule has 0 radical (unpaired) electrons. The van der Waals surface area contributed by atoms with Gasteiger partial charge in [0.2, 0.25) is 0 Å². The number of benzene rings is 1. The van der Waals surface area contributed by atoms with Crippen molar-refractivity contribution in [2.75, 3.05) is 13.7 Å². The molecule has 1 saturated carbocycles. The summed E-state index contributed by atoms with van der Waals surface area (Å²) in [6, 6.07) is 11.6. The molecule has 0 spiro atoms. The van der Waals surface area contributed by atoms with Gasteiger partial charge in [-0.05, 0) is 24.3 Å². The Bertz CT molecular complexity index is 325. The van der Waals surface area contributed by atoms with Crippen molar-refractivity contribution in [1.29, 1.82) is 0 Å². The fourth-order valence-electron chi connectivity index (χ4n) is 2.49. The third kappa shape index (κ3) is 3.55. The molecule has 0 saturated heterocycles. The Morgan fingerprint density at radius 1 is 1.35 bits per heavy atom. The summed E-state index contributed by atoms with van der Waals surface area (Å²) >= 11 is 0. The smallest absolute Gasteiger partial charge is 0.0657 e. The van der Waals surface area contributed by atoms with Crippen LogP contribution in [0.4, 0.5) is 0 Å². The van der Waals surface area contributed by atoms with Crippen molar-refractivity contribution in [2.45, 2.75) is 38.3 Å². The average Bonchev–Trinajstić information content (AvgIpc) is 3.09. The molecule has 94 valence electrons. The highest BCUT2D eigenvalue weighted by Gasteiger charge is 2.37. The number of hydrogen-bond donors (Lipinski definition) is 1. The largest absolute Gasteiger partial charge is 0.383 e. The molecule has 2 heteroatoms. The lowest BCUT2D eigenvalue weighted by Gasteiger charge is -2.18. The summed E-state index contributed by atoms with van der Waals surface area (Å²) in [4.78, 5) is 0. The zero-order chi connectivity index (χ0) is 12.1. The van der Waals surface area contributed by atoms with Crippen LogP contribution < -0.4 is 5.32 Å². The molecule has 3 unspecified atom stereocenters. The first-order valence-corrected chi connectivity index (χ1v) is 6.65. The molecule has 2 rings (SSSR count). The van der Waals surface area contributed by atoms with E-state index >= 15 is 0 Å². The number of hydrogen-bond acceptors (Lipinski definition) is 2. The minimum Gasteiger partial charge on any atom is -0.383 e. The summed E-state index contributed by atoms with van der Waals surface area (Å²) in [6.07, 6.45) is 3.98. The molecule has 0 bridgehead atoms. The van der Waals surface area contributed by atoms with Crippen LogP contribution in [-0.2, 0) is 4.74 Å². The van der Waals surface area contributed by atoms with Crippen molar-refractivity contribution in [3.05, 3.63) is 35.9 Å². The summed E-state index contributed by atoms with van der Waals surface area (Å²) in [5.41, 5.74) is 1.33. The maximum atomic E-state index is 5.32. The van der Waals surface area contributed by atoms with Crippen LogP contribution in [0.2, 0.25) is 0 Å². The molecule has 1 fully saturated rings. The standard InChI is InChI=1S/C15H23NO/c1-3-7-13-10-14(13)16-15(11-17-2)12-8-5-4-6-9-12/h4-6,8-9,13-16H,3,7,10-11H2,1-2H3. The van der Waals surface area contributed by atoms with Gasteiger partial charge in [0.1, 0.15) is 0 Å². The fraction of sp³-hybridized carbons (Fsp3) is 0.600. The predicted octanol–water partition coefficient (Wildman–Crippen LogP) is 3.15. The Labute approximate surface area is 104 Å². The van der Waals surface area contributed by atoms with Gasteiger partial charge in [0.15, 0.2) is 0 Å². The highest BCUT2D eigenvalue weighted by Crippen LogP contribution is 2.36. The summed E-state index contributed by atoms with van der Waals surface area (Å²) < 4.78 is 5.32. The van der Waals surface area contributed by atoms with Crippen molar-refractivity contribution in [2.24, 2.45) is 5.92 Å². The Hall–Kier alpha value is -0.860. The second-order valence-corrected chi connectivity index (χ2v) is 4.98. The van der Waals surface area contributed by atoms with Crippen LogP contribution in [0, 0.1) is 5.92 Å². The van der Waals surface area contributed by atoms with Crippen LogP contribution in [-0.4, -0.2) is 19.8 Å². The highest BCUT2D eigenvalue weighted by atomic mass is 16.5. The minimum atomic E-state index is 0.341. The molecule has 0 amide bonds. The third-order valence-electron chi connectivity index (χ3n) is 3.53. The lowest BCUT2D eigenvalue weighted by Crippen LogP contribution is -2.28. The molecule has 0 heterocycles. The van der Waals surface area contributed by atoms with Gasteiger partial charge in [0.05, 0.1) is 12.6 Å². The van der Waals surface area contributed by atoms with Crippen LogP contribution in [0.15, 0.2) is 30.3 Å². The number of methoxy groups -OCH3 is 1. The van der Waals surface area contributed by atoms with Gasteiger partial charge in [0.25, 0.3) is 0 Å². The lowest BCUT2D eigenvalue weighted by atomic mass is 10.1. The normalized spacial score (nSPS) is 24.6. The SMILES string of the molecule is CCCC1CC1NC(COC)c1ccccc1. The summed E-state index contributed by atoms with van der Waals surface area (Å²) in [7, 11) is 1.77. The third-order valence-corrected chi connectivity index (χ3v) is 3.53. The summed E-state index contributed by atoms with van der Waals surface area (Å²) in [5, 5.41) is 3.72. The van der Waals surface area contributed by atoms with Crippen LogP contribution in [0.3, 0.4) is 0 Å². The number of ether oxygens (including phenoxy) is 1. The number of rotatable bonds is 7. The van der Waals surface area contributed by atoms with Gasteiger partial charge in [-0.25, -0.2) is 0 Å². The molecule has 1 N–H and O–H groups in total. The van der Waals surface area contributed by atoms with Crippen LogP contribution >= 0.6 is 0 Å². The Morgan fingerprint density at radius 3 is 2.76 bits per heavy atom. The lowest BCUT2D eigenvalue weighted by molar-refractivity contribution is 0.165. The number of nitrogens with one attached hydrogen (secondary N) is 1. The first kappa shape index (κ1) is 12.6. The minimum absolute atomic E-state index is 0.341. The highest BCUT2D eigenvalue weighted by molar-refractivity contribution is 5.19. The van der Waals surface area contributed by atoms with Crippen LogP contribution in [0.5, 0.6) is 0 Å². The maximum Gasteiger partial charge on any atom is 0.0657 e. The molecule has 0 aliphatic heterocycles. The van der Waals surface area contributed by atoms with Gasteiger partial charge in [-0.3, -0.25) is 0 Å². The van der Waals surface area contributed by atoms with Crippen molar-refractivity contribution in [3.63, 3.8) is 0 Å². The zero-order valence-corrected chi connectivity index (χ0v) is 10.9. The molecule has 1 aromatic carbocycles. The first-order valence-electron chi connectivity index (χ1n) is 6.65. The summed E-state index contributed by atoms with van der Waals surface area (Å²) in [5.74, 6) is 0.892. The van der Waals surface area contributed by atoms with E-state index in [1.165, 1.54) is 24.8 Å². The molecule has 1 aromatic rings. The van der Waals surface area contributed by atoms with Crippen molar-refractivity contribution < 1.29 is 4.74 Å². The Balaban J connectivity index is 1.90. The molecule has 1 aliphatic carbocycles. The first-order chi connectivity index (χ1) is 8.35. The molecular weight excluding hydrogens is 210 g/mol. The second kappa shape index (κ2) is 6.18. The van der Waals surface area contributed by atoms with E-state index in [0.29, 0.717) is 12.1 Å². The molecule has 1 aliphatic rings. The quantitative estimate of drug-likeness (QED) is 0.781. The van der Waals surface area contributed by atoms with E-state index < -0.39 is 0 Å². The average molecular weight is 233 g/mol. The van der Waals surface area contributed by atoms with E-state index in [2.05, 4.69) is 42.6 Å². The Morgan fingerprint density at radius 2 is 2.12 bits per heavy atom. The maximum absolute atomic E-state index is 5.32. The van der Waals surface area contributed by atoms with E-state index in [-0.39, 0.29) is 0 Å². The van der Waals surface area contributed by atoms with Crippen molar-refractivity contribution in [3.8, 4) is 0 Å². The molecule has 0 aromatic heterocycles. The molecular formula is C15H23NO. The van der Waals surface area contributed by atoms with Crippen LogP contribution in [0.25, 0.3) is 0 Å². The van der Waals surface area contributed by atoms with Gasteiger partial charge in [0, 0.05) is 13.2 Å². The molecule has 2 nitrogen and oxygen atoms in total. The van der Waals surface area contributed by atoms with Crippen LogP contribution in [0.1, 0.15) is 37.8 Å². The van der Waals surface area contributed by atoms with E-state index in [1.54, 1.807) is 7.11 Å². The monoisotopic (exact) mass is 233 g/mol. The predicted molar refractivity (Wildman–Crippen MR) is 71.0 cm³/mol. The van der Waals surface area contributed by atoms with Crippen molar-refractivity contribution in [1.82, 2.24) is 5.32 Å². The Kier molecular flexibility index (Phi) is 4.57. The summed E-state index contributed by atoms with van der Waals surface area (Å²) in [6.45, 7) is 3.01. The van der Waals surface area contributed by atoms with Crippen molar-refractivity contribution >= 4 is 0 Å². The van der Waals surface area contributed by atoms with E-state index in [4.69, 9.17) is 4.74 Å².